The largest absolute Gasteiger partial charge is 0.245 e. The van der Waals surface area contributed by atoms with Gasteiger partial charge in [-0.2, -0.15) is 0 Å². The van der Waals surface area contributed by atoms with E-state index in [0.717, 1.165) is 0 Å². The summed E-state index contributed by atoms with van der Waals surface area (Å²) >= 11 is 0. The monoisotopic (exact) mass is 106 g/mol. The van der Waals surface area contributed by atoms with E-state index in [1.807, 2.05) is 18.2 Å². The minimum absolute atomic E-state index is 1.50. The predicted octanol–water partition coefficient (Wildman–Crippen LogP) is 1.17. The van der Waals surface area contributed by atoms with Crippen LogP contribution in [0.25, 0.3) is 0 Å². The molecule has 2 heteroatoms. The molecule has 0 aliphatic carbocycles. The van der Waals surface area contributed by atoms with Crippen LogP contribution in [0, 0.1) is 0 Å². The van der Waals surface area contributed by atoms with E-state index in [1.165, 1.54) is 6.34 Å². The van der Waals surface area contributed by atoms with Crippen molar-refractivity contribution >= 4 is 12.6 Å². The number of rotatable bonds is 0. The first-order chi connectivity index (χ1) is 4.00. The first-order valence-electron chi connectivity index (χ1n) is 2.37. The van der Waals surface area contributed by atoms with Crippen LogP contribution in [0.3, 0.4) is 0 Å². The third-order valence-electron chi connectivity index (χ3n) is 0.700. The smallest absolute Gasteiger partial charge is 0.115 e. The summed E-state index contributed by atoms with van der Waals surface area (Å²) in [5.41, 5.74) is 0. The Morgan fingerprint density at radius 2 is 1.88 bits per heavy atom. The van der Waals surface area contributed by atoms with E-state index in [1.54, 1.807) is 12.4 Å². The Hall–Kier alpha value is -1.18. The highest BCUT2D eigenvalue weighted by Crippen LogP contribution is 1.79. The molecule has 0 radical (unpaired) electrons. The van der Waals surface area contributed by atoms with Crippen molar-refractivity contribution in [1.29, 1.82) is 0 Å². The zero-order valence-corrected chi connectivity index (χ0v) is 4.36. The molecule has 0 bridgehead atoms. The topological polar surface area (TPSA) is 24.7 Å². The van der Waals surface area contributed by atoms with Gasteiger partial charge in [-0.05, 0) is 12.2 Å². The van der Waals surface area contributed by atoms with Crippen LogP contribution in [-0.4, -0.2) is 12.6 Å². The third-order valence-corrected chi connectivity index (χ3v) is 0.700. The summed E-state index contributed by atoms with van der Waals surface area (Å²) in [5, 5.41) is 0. The SMILES string of the molecule is C1=NC=N/C=C\C=C/1. The highest BCUT2D eigenvalue weighted by Gasteiger charge is 1.66. The second kappa shape index (κ2) is 2.91. The van der Waals surface area contributed by atoms with E-state index >= 15 is 0 Å². The van der Waals surface area contributed by atoms with Crippen LogP contribution >= 0.6 is 0 Å². The molecule has 0 amide bonds. The normalized spacial score (nSPS) is 24.0. The van der Waals surface area contributed by atoms with Crippen LogP contribution in [0.5, 0.6) is 0 Å². The maximum absolute atomic E-state index is 3.78. The Kier molecular flexibility index (Phi) is 1.80. The molecule has 0 aromatic rings. The van der Waals surface area contributed by atoms with Gasteiger partial charge in [0.2, 0.25) is 0 Å². The maximum atomic E-state index is 3.78. The van der Waals surface area contributed by atoms with Crippen LogP contribution in [0.4, 0.5) is 0 Å². The van der Waals surface area contributed by atoms with Crippen molar-refractivity contribution in [3.63, 3.8) is 0 Å². The van der Waals surface area contributed by atoms with Gasteiger partial charge >= 0.3 is 0 Å². The quantitative estimate of drug-likeness (QED) is 0.443. The minimum Gasteiger partial charge on any atom is -0.245 e. The van der Waals surface area contributed by atoms with E-state index in [-0.39, 0.29) is 0 Å². The number of allylic oxidation sites excluding steroid dienone is 3. The fourth-order valence-electron chi connectivity index (χ4n) is 0.378. The van der Waals surface area contributed by atoms with Crippen LogP contribution in [0.1, 0.15) is 0 Å². The lowest BCUT2D eigenvalue weighted by molar-refractivity contribution is 1.54. The molecular formula is C6H6N2. The van der Waals surface area contributed by atoms with Gasteiger partial charge in [-0.3, -0.25) is 0 Å². The van der Waals surface area contributed by atoms with Crippen molar-refractivity contribution in [2.45, 2.75) is 0 Å². The van der Waals surface area contributed by atoms with Gasteiger partial charge in [-0.1, -0.05) is 6.08 Å². The van der Waals surface area contributed by atoms with Gasteiger partial charge in [0, 0.05) is 12.4 Å². The number of nitrogens with zero attached hydrogens (tertiary/aromatic N) is 2. The molecule has 1 aliphatic heterocycles. The van der Waals surface area contributed by atoms with Gasteiger partial charge in [0.15, 0.2) is 0 Å². The molecule has 0 spiro atoms. The highest BCUT2D eigenvalue weighted by atomic mass is 14.8. The van der Waals surface area contributed by atoms with E-state index in [9.17, 15) is 0 Å². The Bertz CT molecular complexity index is 107. The van der Waals surface area contributed by atoms with E-state index in [4.69, 9.17) is 0 Å². The van der Waals surface area contributed by atoms with Crippen molar-refractivity contribution in [2.24, 2.45) is 9.98 Å². The molecule has 0 aromatic heterocycles. The average molecular weight is 106 g/mol. The zero-order chi connectivity index (χ0) is 5.66. The molecule has 2 nitrogen and oxygen atoms in total. The van der Waals surface area contributed by atoms with Crippen molar-refractivity contribution in [3.05, 3.63) is 24.4 Å². The summed E-state index contributed by atoms with van der Waals surface area (Å²) in [4.78, 5) is 7.55. The number of hydrogen-bond acceptors (Lipinski definition) is 2. The highest BCUT2D eigenvalue weighted by molar-refractivity contribution is 5.80. The van der Waals surface area contributed by atoms with Gasteiger partial charge in [0.05, 0.1) is 0 Å². The van der Waals surface area contributed by atoms with Crippen LogP contribution in [0.15, 0.2) is 34.4 Å². The zero-order valence-electron chi connectivity index (χ0n) is 4.36. The van der Waals surface area contributed by atoms with Gasteiger partial charge in [-0.15, -0.1) is 0 Å². The van der Waals surface area contributed by atoms with Crippen molar-refractivity contribution in [2.75, 3.05) is 0 Å². The molecule has 1 rings (SSSR count). The molecule has 40 valence electrons. The summed E-state index contributed by atoms with van der Waals surface area (Å²) in [6, 6.07) is 0. The van der Waals surface area contributed by atoms with Gasteiger partial charge < -0.3 is 0 Å². The van der Waals surface area contributed by atoms with Crippen LogP contribution < -0.4 is 0 Å². The molecule has 0 atom stereocenters. The number of aliphatic imine (C=N–C) groups is 2. The summed E-state index contributed by atoms with van der Waals surface area (Å²) in [6.07, 6.45) is 10.4. The molecule has 1 heterocycles. The molecule has 0 unspecified atom stereocenters. The summed E-state index contributed by atoms with van der Waals surface area (Å²) < 4.78 is 0. The van der Waals surface area contributed by atoms with Gasteiger partial charge in [0.25, 0.3) is 0 Å². The number of hydrogen-bond donors (Lipinski definition) is 0. The second-order valence-electron chi connectivity index (χ2n) is 1.29. The van der Waals surface area contributed by atoms with Gasteiger partial charge in [-0.25, -0.2) is 9.98 Å². The van der Waals surface area contributed by atoms with Crippen LogP contribution in [0.2, 0.25) is 0 Å². The molecule has 0 N–H and O–H groups in total. The minimum atomic E-state index is 1.50. The predicted molar refractivity (Wildman–Crippen MR) is 35.3 cm³/mol. The molecular weight excluding hydrogens is 100 g/mol. The average Bonchev–Trinajstić information content (AvgIpc) is 1.62. The second-order valence-corrected chi connectivity index (χ2v) is 1.29. The standard InChI is InChI=1S/C6H6N2/c1-2-4-7-6-8-5-3-1/h1-6H/b2-1-,3-1?,4-2?,5-3-,7-4?,7-6?,8-5?,8-6?. The first kappa shape index (κ1) is 4.97. The molecule has 0 saturated carbocycles. The fourth-order valence-corrected chi connectivity index (χ4v) is 0.378. The lowest BCUT2D eigenvalue weighted by Crippen LogP contribution is -1.69. The fraction of sp³-hybridized carbons (Fsp3) is 0. The summed E-state index contributed by atoms with van der Waals surface area (Å²) in [7, 11) is 0. The lowest BCUT2D eigenvalue weighted by atomic mass is 10.5. The lowest BCUT2D eigenvalue weighted by Gasteiger charge is -1.77. The van der Waals surface area contributed by atoms with Crippen molar-refractivity contribution in [3.8, 4) is 0 Å². The molecule has 8 heavy (non-hydrogen) atoms. The summed E-state index contributed by atoms with van der Waals surface area (Å²) in [6.45, 7) is 0. The molecule has 1 aliphatic rings. The van der Waals surface area contributed by atoms with Crippen molar-refractivity contribution < 1.29 is 0 Å². The summed E-state index contributed by atoms with van der Waals surface area (Å²) in [5.74, 6) is 0. The van der Waals surface area contributed by atoms with E-state index < -0.39 is 0 Å². The van der Waals surface area contributed by atoms with Crippen molar-refractivity contribution in [1.82, 2.24) is 0 Å². The Morgan fingerprint density at radius 1 is 0.875 bits per heavy atom. The Balaban J connectivity index is 2.67. The first-order valence-corrected chi connectivity index (χ1v) is 2.37. The maximum Gasteiger partial charge on any atom is 0.115 e. The Morgan fingerprint density at radius 3 is 2.88 bits per heavy atom. The third kappa shape index (κ3) is 1.51. The molecule has 0 saturated heterocycles. The molecule has 0 aromatic carbocycles. The van der Waals surface area contributed by atoms with Gasteiger partial charge in [0.1, 0.15) is 6.34 Å². The van der Waals surface area contributed by atoms with E-state index in [0.29, 0.717) is 0 Å². The Labute approximate surface area is 48.0 Å². The van der Waals surface area contributed by atoms with Crippen LogP contribution in [-0.2, 0) is 0 Å². The molecule has 0 fully saturated rings. The van der Waals surface area contributed by atoms with E-state index in [2.05, 4.69) is 9.98 Å².